The van der Waals surface area contributed by atoms with Crippen molar-refractivity contribution in [1.82, 2.24) is 14.9 Å². The van der Waals surface area contributed by atoms with Gasteiger partial charge in [-0.1, -0.05) is 6.92 Å². The van der Waals surface area contributed by atoms with E-state index in [0.717, 1.165) is 29.5 Å². The lowest BCUT2D eigenvalue weighted by atomic mass is 9.89. The molecule has 0 spiro atoms. The molecule has 0 bridgehead atoms. The first-order valence-corrected chi connectivity index (χ1v) is 11.2. The number of aromatic amines is 1. The number of aryl methyl sites for hydroxylation is 1. The van der Waals surface area contributed by atoms with Gasteiger partial charge >= 0.3 is 0 Å². The standard InChI is InChI=1S/C21H33N3O4S/c1-13(2)28-12-15(25)10-24(7-8-27-4)11-18-22-20(26)19-16-6-5-14(3)9-17(16)29-21(19)23-18/h13-15,25H,5-12H2,1-4H3,(H,22,23,26). The number of hydrogen-bond donors (Lipinski definition) is 2. The molecule has 162 valence electrons. The molecule has 1 aliphatic carbocycles. The van der Waals surface area contributed by atoms with Gasteiger partial charge in [0.25, 0.3) is 5.56 Å². The van der Waals surface area contributed by atoms with Gasteiger partial charge in [-0.3, -0.25) is 9.69 Å². The predicted molar refractivity (Wildman–Crippen MR) is 116 cm³/mol. The number of H-pyrrole nitrogens is 1. The third-order valence-electron chi connectivity index (χ3n) is 5.29. The Labute approximate surface area is 176 Å². The van der Waals surface area contributed by atoms with E-state index in [9.17, 15) is 9.90 Å². The van der Waals surface area contributed by atoms with Crippen LogP contribution in [0.15, 0.2) is 4.79 Å². The summed E-state index contributed by atoms with van der Waals surface area (Å²) < 4.78 is 10.7. The van der Waals surface area contributed by atoms with Crippen molar-refractivity contribution in [3.63, 3.8) is 0 Å². The van der Waals surface area contributed by atoms with Gasteiger partial charge in [-0.15, -0.1) is 11.3 Å². The molecule has 1 aliphatic rings. The molecule has 7 nitrogen and oxygen atoms in total. The maximum absolute atomic E-state index is 12.8. The lowest BCUT2D eigenvalue weighted by Crippen LogP contribution is -2.37. The van der Waals surface area contributed by atoms with Gasteiger partial charge in [-0.05, 0) is 44.6 Å². The number of fused-ring (bicyclic) bond motifs is 3. The Kier molecular flexibility index (Phi) is 7.81. The molecule has 2 aromatic rings. The number of ether oxygens (including phenoxy) is 2. The van der Waals surface area contributed by atoms with Crippen molar-refractivity contribution in [2.24, 2.45) is 5.92 Å². The summed E-state index contributed by atoms with van der Waals surface area (Å²) in [5.41, 5.74) is 1.15. The van der Waals surface area contributed by atoms with Gasteiger partial charge in [-0.2, -0.15) is 0 Å². The van der Waals surface area contributed by atoms with Gasteiger partial charge in [0.2, 0.25) is 0 Å². The SMILES string of the molecule is COCCN(Cc1nc2sc3c(c2c(=O)[nH]1)CCC(C)C3)CC(O)COC(C)C. The lowest BCUT2D eigenvalue weighted by Gasteiger charge is -2.24. The van der Waals surface area contributed by atoms with E-state index in [-0.39, 0.29) is 18.3 Å². The second-order valence-corrected chi connectivity index (χ2v) is 9.39. The van der Waals surface area contributed by atoms with Crippen LogP contribution in [0.2, 0.25) is 0 Å². The normalized spacial score (nSPS) is 18.0. The van der Waals surface area contributed by atoms with Gasteiger partial charge in [0.1, 0.15) is 10.7 Å². The molecule has 0 saturated carbocycles. The van der Waals surface area contributed by atoms with Crippen LogP contribution in [0.5, 0.6) is 0 Å². The van der Waals surface area contributed by atoms with Crippen molar-refractivity contribution in [1.29, 1.82) is 0 Å². The van der Waals surface area contributed by atoms with Crippen molar-refractivity contribution < 1.29 is 14.6 Å². The van der Waals surface area contributed by atoms with Crippen molar-refractivity contribution in [2.45, 2.75) is 58.8 Å². The predicted octanol–water partition coefficient (Wildman–Crippen LogP) is 2.34. The molecule has 0 aliphatic heterocycles. The summed E-state index contributed by atoms with van der Waals surface area (Å²) in [7, 11) is 1.65. The molecule has 8 heteroatoms. The highest BCUT2D eigenvalue weighted by atomic mass is 32.1. The number of aliphatic hydroxyl groups is 1. The highest BCUT2D eigenvalue weighted by Crippen LogP contribution is 2.35. The van der Waals surface area contributed by atoms with Crippen LogP contribution in [0.4, 0.5) is 0 Å². The van der Waals surface area contributed by atoms with Gasteiger partial charge in [-0.25, -0.2) is 4.98 Å². The molecule has 2 atom stereocenters. The first-order chi connectivity index (χ1) is 13.9. The number of thiophene rings is 1. The van der Waals surface area contributed by atoms with E-state index >= 15 is 0 Å². The third kappa shape index (κ3) is 5.86. The average Bonchev–Trinajstić information content (AvgIpc) is 3.02. The van der Waals surface area contributed by atoms with E-state index in [0.29, 0.717) is 38.0 Å². The number of aromatic nitrogens is 2. The minimum absolute atomic E-state index is 0.0487. The summed E-state index contributed by atoms with van der Waals surface area (Å²) in [6.07, 6.45) is 2.59. The summed E-state index contributed by atoms with van der Waals surface area (Å²) in [5.74, 6) is 1.29. The van der Waals surface area contributed by atoms with E-state index in [1.165, 1.54) is 10.4 Å². The quantitative estimate of drug-likeness (QED) is 0.610. The third-order valence-corrected chi connectivity index (χ3v) is 6.44. The number of nitrogens with one attached hydrogen (secondary N) is 1. The molecule has 2 aromatic heterocycles. The molecule has 0 fully saturated rings. The maximum atomic E-state index is 12.8. The molecule has 2 N–H and O–H groups in total. The summed E-state index contributed by atoms with van der Waals surface area (Å²) in [6, 6.07) is 0. The Hall–Kier alpha value is -1.32. The minimum atomic E-state index is -0.611. The Morgan fingerprint density at radius 3 is 2.93 bits per heavy atom. The monoisotopic (exact) mass is 423 g/mol. The van der Waals surface area contributed by atoms with E-state index < -0.39 is 6.10 Å². The van der Waals surface area contributed by atoms with Crippen LogP contribution < -0.4 is 5.56 Å². The minimum Gasteiger partial charge on any atom is -0.389 e. The van der Waals surface area contributed by atoms with Crippen LogP contribution in [0, 0.1) is 5.92 Å². The van der Waals surface area contributed by atoms with Crippen molar-refractivity contribution in [3.8, 4) is 0 Å². The fourth-order valence-corrected chi connectivity index (χ4v) is 5.19. The number of aliphatic hydroxyl groups excluding tert-OH is 1. The number of hydrogen-bond acceptors (Lipinski definition) is 7. The summed E-state index contributed by atoms with van der Waals surface area (Å²) in [5, 5.41) is 11.1. The second kappa shape index (κ2) is 10.1. The Bertz CT molecular complexity index is 863. The van der Waals surface area contributed by atoms with Gasteiger partial charge in [0.15, 0.2) is 0 Å². The fourth-order valence-electron chi connectivity index (χ4n) is 3.79. The molecule has 2 heterocycles. The summed E-state index contributed by atoms with van der Waals surface area (Å²) in [4.78, 5) is 24.7. The summed E-state index contributed by atoms with van der Waals surface area (Å²) in [6.45, 7) is 8.48. The zero-order valence-electron chi connectivity index (χ0n) is 17.9. The first kappa shape index (κ1) is 22.4. The van der Waals surface area contributed by atoms with Crippen molar-refractivity contribution >= 4 is 21.6 Å². The number of nitrogens with zero attached hydrogens (tertiary/aromatic N) is 2. The van der Waals surface area contributed by atoms with Gasteiger partial charge < -0.3 is 19.6 Å². The van der Waals surface area contributed by atoms with E-state index in [4.69, 9.17) is 14.5 Å². The zero-order chi connectivity index (χ0) is 21.0. The van der Waals surface area contributed by atoms with Crippen LogP contribution in [-0.2, 0) is 28.9 Å². The van der Waals surface area contributed by atoms with E-state index in [2.05, 4.69) is 11.9 Å². The Balaban J connectivity index is 1.77. The molecular weight excluding hydrogens is 390 g/mol. The molecule has 0 radical (unpaired) electrons. The molecule has 0 aromatic carbocycles. The fraction of sp³-hybridized carbons (Fsp3) is 0.714. The number of methoxy groups -OCH3 is 1. The van der Waals surface area contributed by atoms with Crippen molar-refractivity contribution in [3.05, 3.63) is 26.6 Å². The molecule has 3 rings (SSSR count). The highest BCUT2D eigenvalue weighted by Gasteiger charge is 2.23. The summed E-state index contributed by atoms with van der Waals surface area (Å²) >= 11 is 1.66. The second-order valence-electron chi connectivity index (χ2n) is 8.31. The Morgan fingerprint density at radius 1 is 1.41 bits per heavy atom. The highest BCUT2D eigenvalue weighted by molar-refractivity contribution is 7.18. The van der Waals surface area contributed by atoms with Crippen molar-refractivity contribution in [2.75, 3.05) is 33.4 Å². The largest absolute Gasteiger partial charge is 0.389 e. The first-order valence-electron chi connectivity index (χ1n) is 10.4. The number of rotatable bonds is 10. The smallest absolute Gasteiger partial charge is 0.259 e. The molecule has 0 saturated heterocycles. The van der Waals surface area contributed by atoms with Crippen LogP contribution in [0.1, 0.15) is 43.5 Å². The molecular formula is C21H33N3O4S. The van der Waals surface area contributed by atoms with Crippen LogP contribution in [-0.4, -0.2) is 65.6 Å². The Morgan fingerprint density at radius 2 is 2.21 bits per heavy atom. The van der Waals surface area contributed by atoms with Crippen LogP contribution in [0.3, 0.4) is 0 Å². The van der Waals surface area contributed by atoms with E-state index in [1.54, 1.807) is 18.4 Å². The zero-order valence-corrected chi connectivity index (χ0v) is 18.7. The van der Waals surface area contributed by atoms with Crippen LogP contribution in [0.25, 0.3) is 10.2 Å². The van der Waals surface area contributed by atoms with Gasteiger partial charge in [0.05, 0.1) is 37.4 Å². The topological polar surface area (TPSA) is 87.7 Å². The van der Waals surface area contributed by atoms with Gasteiger partial charge in [0, 0.05) is 25.1 Å². The molecule has 29 heavy (non-hydrogen) atoms. The van der Waals surface area contributed by atoms with Crippen LogP contribution >= 0.6 is 11.3 Å². The van der Waals surface area contributed by atoms with E-state index in [1.807, 2.05) is 18.7 Å². The maximum Gasteiger partial charge on any atom is 0.259 e. The lowest BCUT2D eigenvalue weighted by molar-refractivity contribution is -0.0124. The molecule has 2 unspecified atom stereocenters. The average molecular weight is 424 g/mol. The molecule has 0 amide bonds.